The van der Waals surface area contributed by atoms with Crippen LogP contribution >= 0.6 is 0 Å². The lowest BCUT2D eigenvalue weighted by Crippen LogP contribution is -2.20. The molecule has 6 nitrogen and oxygen atoms in total. The van der Waals surface area contributed by atoms with Gasteiger partial charge in [0.15, 0.2) is 18.1 Å². The van der Waals surface area contributed by atoms with Gasteiger partial charge in [0, 0.05) is 17.6 Å². The topological polar surface area (TPSA) is 69.7 Å². The molecular weight excluding hydrogens is 320 g/mol. The fourth-order valence-corrected chi connectivity index (χ4v) is 2.45. The lowest BCUT2D eigenvalue weighted by Gasteiger charge is -2.12. The molecule has 0 atom stereocenters. The number of carbonyl (C=O) groups excluding carboxylic acids is 1. The van der Waals surface area contributed by atoms with Gasteiger partial charge in [-0.2, -0.15) is 0 Å². The number of hydrogen-bond acceptors (Lipinski definition) is 5. The molecule has 0 aliphatic carbocycles. The number of nitrogens with one attached hydrogen (secondary N) is 1. The maximum atomic E-state index is 12.3. The SMILES string of the molecule is COc1cc(NC(=O)COc2ccccc2OC)c2ncccc2c1. The van der Waals surface area contributed by atoms with Crippen molar-refractivity contribution in [3.63, 3.8) is 0 Å². The number of ether oxygens (including phenoxy) is 3. The van der Waals surface area contributed by atoms with Crippen LogP contribution in [-0.2, 0) is 4.79 Å². The van der Waals surface area contributed by atoms with Crippen LogP contribution in [0.4, 0.5) is 5.69 Å². The molecule has 6 heteroatoms. The Hall–Kier alpha value is -3.28. The van der Waals surface area contributed by atoms with Crippen molar-refractivity contribution in [2.75, 3.05) is 26.1 Å². The van der Waals surface area contributed by atoms with Gasteiger partial charge < -0.3 is 19.5 Å². The lowest BCUT2D eigenvalue weighted by molar-refractivity contribution is -0.118. The second kappa shape index (κ2) is 7.53. The molecular formula is C19H18N2O4. The van der Waals surface area contributed by atoms with Crippen LogP contribution in [0.15, 0.2) is 54.7 Å². The Kier molecular flexibility index (Phi) is 4.99. The summed E-state index contributed by atoms with van der Waals surface area (Å²) in [6, 6.07) is 14.5. The first-order valence-corrected chi connectivity index (χ1v) is 7.69. The number of amides is 1. The number of anilines is 1. The molecule has 1 heterocycles. The Labute approximate surface area is 145 Å². The van der Waals surface area contributed by atoms with E-state index in [0.717, 1.165) is 5.39 Å². The van der Waals surface area contributed by atoms with Crippen LogP contribution < -0.4 is 19.5 Å². The number of para-hydroxylation sites is 2. The molecule has 0 spiro atoms. The largest absolute Gasteiger partial charge is 0.497 e. The minimum absolute atomic E-state index is 0.147. The molecule has 128 valence electrons. The zero-order valence-corrected chi connectivity index (χ0v) is 14.0. The maximum absolute atomic E-state index is 12.3. The van der Waals surface area contributed by atoms with Crippen molar-refractivity contribution in [2.45, 2.75) is 0 Å². The zero-order valence-electron chi connectivity index (χ0n) is 14.0. The highest BCUT2D eigenvalue weighted by atomic mass is 16.5. The normalized spacial score (nSPS) is 10.3. The van der Waals surface area contributed by atoms with Gasteiger partial charge in [-0.05, 0) is 24.3 Å². The third-order valence-electron chi connectivity index (χ3n) is 3.62. The van der Waals surface area contributed by atoms with Gasteiger partial charge in [-0.25, -0.2) is 0 Å². The van der Waals surface area contributed by atoms with Gasteiger partial charge in [-0.15, -0.1) is 0 Å². The molecule has 0 radical (unpaired) electrons. The molecule has 1 aromatic heterocycles. The van der Waals surface area contributed by atoms with Gasteiger partial charge in [-0.1, -0.05) is 18.2 Å². The Morgan fingerprint density at radius 1 is 1.04 bits per heavy atom. The molecule has 25 heavy (non-hydrogen) atoms. The Morgan fingerprint density at radius 3 is 2.60 bits per heavy atom. The number of carbonyl (C=O) groups is 1. The summed E-state index contributed by atoms with van der Waals surface area (Å²) in [7, 11) is 3.13. The highest BCUT2D eigenvalue weighted by Crippen LogP contribution is 2.28. The number of aromatic nitrogens is 1. The number of pyridine rings is 1. The Bertz CT molecular complexity index is 895. The van der Waals surface area contributed by atoms with Gasteiger partial charge in [0.1, 0.15) is 5.75 Å². The molecule has 0 unspecified atom stereocenters. The van der Waals surface area contributed by atoms with Crippen molar-refractivity contribution in [1.29, 1.82) is 0 Å². The summed E-state index contributed by atoms with van der Waals surface area (Å²) in [5, 5.41) is 3.70. The summed E-state index contributed by atoms with van der Waals surface area (Å²) < 4.78 is 16.0. The number of benzene rings is 2. The molecule has 2 aromatic carbocycles. The fraction of sp³-hybridized carbons (Fsp3) is 0.158. The van der Waals surface area contributed by atoms with Crippen molar-refractivity contribution in [2.24, 2.45) is 0 Å². The molecule has 0 bridgehead atoms. The van der Waals surface area contributed by atoms with Crippen LogP contribution in [0.25, 0.3) is 10.9 Å². The summed E-state index contributed by atoms with van der Waals surface area (Å²) in [5.41, 5.74) is 1.26. The van der Waals surface area contributed by atoms with E-state index in [1.54, 1.807) is 38.6 Å². The smallest absolute Gasteiger partial charge is 0.262 e. The first-order valence-electron chi connectivity index (χ1n) is 7.69. The van der Waals surface area contributed by atoms with Gasteiger partial charge in [0.2, 0.25) is 0 Å². The van der Waals surface area contributed by atoms with Crippen LogP contribution in [0.1, 0.15) is 0 Å². The van der Waals surface area contributed by atoms with E-state index in [1.807, 2.05) is 30.3 Å². The molecule has 3 rings (SSSR count). The van der Waals surface area contributed by atoms with E-state index >= 15 is 0 Å². The van der Waals surface area contributed by atoms with Crippen LogP contribution in [0.5, 0.6) is 17.2 Å². The summed E-state index contributed by atoms with van der Waals surface area (Å²) in [5.74, 6) is 1.42. The monoisotopic (exact) mass is 338 g/mol. The van der Waals surface area contributed by atoms with Crippen LogP contribution in [0.2, 0.25) is 0 Å². The van der Waals surface area contributed by atoms with Gasteiger partial charge in [0.25, 0.3) is 5.91 Å². The van der Waals surface area contributed by atoms with Crippen molar-refractivity contribution >= 4 is 22.5 Å². The molecule has 1 N–H and O–H groups in total. The maximum Gasteiger partial charge on any atom is 0.262 e. The summed E-state index contributed by atoms with van der Waals surface area (Å²) in [6.45, 7) is -0.147. The van der Waals surface area contributed by atoms with Gasteiger partial charge in [0.05, 0.1) is 25.4 Å². The van der Waals surface area contributed by atoms with Crippen LogP contribution in [0.3, 0.4) is 0 Å². The van der Waals surface area contributed by atoms with E-state index in [9.17, 15) is 4.79 Å². The number of fused-ring (bicyclic) bond motifs is 1. The molecule has 0 aliphatic heterocycles. The van der Waals surface area contributed by atoms with Gasteiger partial charge in [-0.3, -0.25) is 9.78 Å². The second-order valence-electron chi connectivity index (χ2n) is 5.24. The number of methoxy groups -OCH3 is 2. The minimum atomic E-state index is -0.300. The summed E-state index contributed by atoms with van der Waals surface area (Å²) >= 11 is 0. The van der Waals surface area contributed by atoms with E-state index in [2.05, 4.69) is 10.3 Å². The predicted molar refractivity (Wildman–Crippen MR) is 95.4 cm³/mol. The van der Waals surface area contributed by atoms with Crippen molar-refractivity contribution in [3.8, 4) is 17.2 Å². The zero-order chi connectivity index (χ0) is 17.6. The standard InChI is InChI=1S/C19H18N2O4/c1-23-14-10-13-6-5-9-20-19(13)15(11-14)21-18(22)12-25-17-8-4-3-7-16(17)24-2/h3-11H,12H2,1-2H3,(H,21,22). The number of nitrogens with zero attached hydrogens (tertiary/aromatic N) is 1. The molecule has 0 saturated carbocycles. The van der Waals surface area contributed by atoms with E-state index in [-0.39, 0.29) is 12.5 Å². The first kappa shape index (κ1) is 16.6. The van der Waals surface area contributed by atoms with E-state index in [4.69, 9.17) is 14.2 Å². The number of hydrogen-bond donors (Lipinski definition) is 1. The van der Waals surface area contributed by atoms with E-state index < -0.39 is 0 Å². The lowest BCUT2D eigenvalue weighted by atomic mass is 10.2. The van der Waals surface area contributed by atoms with E-state index in [1.165, 1.54) is 0 Å². The predicted octanol–water partition coefficient (Wildman–Crippen LogP) is 3.27. The average molecular weight is 338 g/mol. The molecule has 0 aliphatic rings. The van der Waals surface area contributed by atoms with Crippen molar-refractivity contribution in [1.82, 2.24) is 4.98 Å². The fourth-order valence-electron chi connectivity index (χ4n) is 2.45. The highest BCUT2D eigenvalue weighted by molar-refractivity contribution is 6.01. The summed E-state index contributed by atoms with van der Waals surface area (Å²) in [6.07, 6.45) is 1.68. The highest BCUT2D eigenvalue weighted by Gasteiger charge is 2.11. The molecule has 3 aromatic rings. The van der Waals surface area contributed by atoms with Crippen molar-refractivity contribution in [3.05, 3.63) is 54.7 Å². The van der Waals surface area contributed by atoms with Gasteiger partial charge >= 0.3 is 0 Å². The average Bonchev–Trinajstić information content (AvgIpc) is 2.66. The molecule has 0 fully saturated rings. The Balaban J connectivity index is 1.76. The minimum Gasteiger partial charge on any atom is -0.497 e. The Morgan fingerprint density at radius 2 is 1.84 bits per heavy atom. The number of rotatable bonds is 6. The van der Waals surface area contributed by atoms with E-state index in [0.29, 0.717) is 28.5 Å². The first-order chi connectivity index (χ1) is 12.2. The van der Waals surface area contributed by atoms with Crippen molar-refractivity contribution < 1.29 is 19.0 Å². The third-order valence-corrected chi connectivity index (χ3v) is 3.62. The third kappa shape index (κ3) is 3.80. The molecule has 1 amide bonds. The molecule has 0 saturated heterocycles. The van der Waals surface area contributed by atoms with Crippen LogP contribution in [-0.4, -0.2) is 31.7 Å². The summed E-state index contributed by atoms with van der Waals surface area (Å²) in [4.78, 5) is 16.6. The second-order valence-corrected chi connectivity index (χ2v) is 5.24. The van der Waals surface area contributed by atoms with Crippen LogP contribution in [0, 0.1) is 0 Å². The quantitative estimate of drug-likeness (QED) is 0.747.